The molecule has 2 fully saturated rings. The standard InChI is InChI=1S/C24H33N3O7/c1-14-10-23(3,4)13-24(11-14)21(30)27(22(31)26-24)12-19(28)34-15(2)20(29)25-17-9-16(32-5)7-8-18(17)33-6/h7-9,14-15H,10-13H2,1-6H3,(H,25,29)(H,26,31)/t14-,15+,24+/m1/s1. The van der Waals surface area contributed by atoms with Crippen LogP contribution in [0.1, 0.15) is 47.0 Å². The Bertz CT molecular complexity index is 993. The lowest BCUT2D eigenvalue weighted by Gasteiger charge is -2.43. The summed E-state index contributed by atoms with van der Waals surface area (Å²) in [7, 11) is 2.95. The first-order valence-electron chi connectivity index (χ1n) is 11.3. The number of rotatable bonds is 7. The molecule has 10 nitrogen and oxygen atoms in total. The van der Waals surface area contributed by atoms with Gasteiger partial charge in [-0.15, -0.1) is 0 Å². The minimum atomic E-state index is -1.17. The highest BCUT2D eigenvalue weighted by molar-refractivity contribution is 6.09. The van der Waals surface area contributed by atoms with E-state index >= 15 is 0 Å². The monoisotopic (exact) mass is 475 g/mol. The van der Waals surface area contributed by atoms with Gasteiger partial charge in [0.15, 0.2) is 6.10 Å². The third-order valence-electron chi connectivity index (χ3n) is 6.25. The number of amides is 4. The molecule has 2 aliphatic rings. The van der Waals surface area contributed by atoms with Crippen LogP contribution in [0.5, 0.6) is 11.5 Å². The largest absolute Gasteiger partial charge is 0.497 e. The number of nitrogens with one attached hydrogen (secondary N) is 2. The van der Waals surface area contributed by atoms with E-state index in [4.69, 9.17) is 14.2 Å². The summed E-state index contributed by atoms with van der Waals surface area (Å²) in [5.41, 5.74) is -0.783. The minimum Gasteiger partial charge on any atom is -0.497 e. The highest BCUT2D eigenvalue weighted by Gasteiger charge is 2.56. The topological polar surface area (TPSA) is 123 Å². The molecule has 0 aromatic heterocycles. The molecule has 1 aromatic carbocycles. The molecule has 1 saturated carbocycles. The predicted octanol–water partition coefficient (Wildman–Crippen LogP) is 2.71. The molecule has 3 rings (SSSR count). The summed E-state index contributed by atoms with van der Waals surface area (Å²) in [5, 5.41) is 5.45. The van der Waals surface area contributed by atoms with Gasteiger partial charge in [-0.25, -0.2) is 4.79 Å². The van der Waals surface area contributed by atoms with E-state index in [1.807, 2.05) is 0 Å². The van der Waals surface area contributed by atoms with E-state index in [1.54, 1.807) is 18.2 Å². The van der Waals surface area contributed by atoms with Gasteiger partial charge in [0.25, 0.3) is 11.8 Å². The second kappa shape index (κ2) is 9.52. The second-order valence-corrected chi connectivity index (χ2v) is 9.95. The Balaban J connectivity index is 1.62. The number of methoxy groups -OCH3 is 2. The molecule has 10 heteroatoms. The summed E-state index contributed by atoms with van der Waals surface area (Å²) in [4.78, 5) is 51.8. The zero-order valence-corrected chi connectivity index (χ0v) is 20.5. The van der Waals surface area contributed by atoms with E-state index in [2.05, 4.69) is 31.4 Å². The molecule has 2 N–H and O–H groups in total. The fraction of sp³-hybridized carbons (Fsp3) is 0.583. The predicted molar refractivity (Wildman–Crippen MR) is 124 cm³/mol. The van der Waals surface area contributed by atoms with E-state index in [0.717, 1.165) is 11.3 Å². The van der Waals surface area contributed by atoms with Crippen molar-refractivity contribution in [1.29, 1.82) is 0 Å². The fourth-order valence-electron chi connectivity index (χ4n) is 5.21. The molecule has 34 heavy (non-hydrogen) atoms. The van der Waals surface area contributed by atoms with Gasteiger partial charge in [-0.3, -0.25) is 19.3 Å². The van der Waals surface area contributed by atoms with Gasteiger partial charge in [0.2, 0.25) is 0 Å². The van der Waals surface area contributed by atoms with E-state index in [9.17, 15) is 19.2 Å². The van der Waals surface area contributed by atoms with Crippen molar-refractivity contribution < 1.29 is 33.4 Å². The van der Waals surface area contributed by atoms with Crippen LogP contribution in [0.25, 0.3) is 0 Å². The molecule has 1 heterocycles. The molecule has 1 aromatic rings. The average molecular weight is 476 g/mol. The Hall–Kier alpha value is -3.30. The Morgan fingerprint density at radius 2 is 1.91 bits per heavy atom. The van der Waals surface area contributed by atoms with Crippen LogP contribution in [0.15, 0.2) is 18.2 Å². The van der Waals surface area contributed by atoms with Crippen LogP contribution in [0.2, 0.25) is 0 Å². The van der Waals surface area contributed by atoms with Crippen LogP contribution < -0.4 is 20.1 Å². The Labute approximate surface area is 199 Å². The number of nitrogens with zero attached hydrogens (tertiary/aromatic N) is 1. The maximum absolute atomic E-state index is 13.2. The highest BCUT2D eigenvalue weighted by atomic mass is 16.5. The molecule has 0 unspecified atom stereocenters. The van der Waals surface area contributed by atoms with Crippen LogP contribution in [0.4, 0.5) is 10.5 Å². The lowest BCUT2D eigenvalue weighted by Crippen LogP contribution is -2.54. The number of urea groups is 1. The van der Waals surface area contributed by atoms with Gasteiger partial charge < -0.3 is 24.8 Å². The lowest BCUT2D eigenvalue weighted by atomic mass is 9.64. The number of esters is 1. The Morgan fingerprint density at radius 3 is 2.53 bits per heavy atom. The van der Waals surface area contributed by atoms with E-state index in [0.29, 0.717) is 30.0 Å². The van der Waals surface area contributed by atoms with Gasteiger partial charge in [0, 0.05) is 6.07 Å². The SMILES string of the molecule is COc1ccc(OC)c(NC(=O)[C@H](C)OC(=O)CN2C(=O)N[C@]3(C[C@H](C)CC(C)(C)C3)C2=O)c1. The number of imide groups is 1. The number of ether oxygens (including phenoxy) is 3. The molecule has 1 aliphatic carbocycles. The molecule has 0 radical (unpaired) electrons. The van der Waals surface area contributed by atoms with Gasteiger partial charge >= 0.3 is 12.0 Å². The van der Waals surface area contributed by atoms with Crippen molar-refractivity contribution in [3.8, 4) is 11.5 Å². The lowest BCUT2D eigenvalue weighted by molar-refractivity contribution is -0.155. The minimum absolute atomic E-state index is 0.120. The Kier molecular flexibility index (Phi) is 7.09. The van der Waals surface area contributed by atoms with Gasteiger partial charge in [-0.05, 0) is 49.7 Å². The smallest absolute Gasteiger partial charge is 0.327 e. The molecule has 1 saturated heterocycles. The normalized spacial score (nSPS) is 24.4. The van der Waals surface area contributed by atoms with Crippen LogP contribution >= 0.6 is 0 Å². The van der Waals surface area contributed by atoms with E-state index in [-0.39, 0.29) is 11.3 Å². The average Bonchev–Trinajstić information content (AvgIpc) is 2.95. The van der Waals surface area contributed by atoms with Crippen LogP contribution in [0.3, 0.4) is 0 Å². The molecular weight excluding hydrogens is 442 g/mol. The van der Waals surface area contributed by atoms with Crippen molar-refractivity contribution in [1.82, 2.24) is 10.2 Å². The molecule has 186 valence electrons. The first-order valence-corrected chi connectivity index (χ1v) is 11.3. The number of hydrogen-bond acceptors (Lipinski definition) is 7. The summed E-state index contributed by atoms with van der Waals surface area (Å²) in [6.07, 6.45) is 0.798. The van der Waals surface area contributed by atoms with Crippen molar-refractivity contribution in [2.24, 2.45) is 11.3 Å². The highest BCUT2D eigenvalue weighted by Crippen LogP contribution is 2.46. The zero-order valence-electron chi connectivity index (χ0n) is 20.5. The van der Waals surface area contributed by atoms with Gasteiger partial charge in [-0.2, -0.15) is 0 Å². The maximum atomic E-state index is 13.2. The molecular formula is C24H33N3O7. The summed E-state index contributed by atoms with van der Waals surface area (Å²) < 4.78 is 15.6. The first kappa shape index (κ1) is 25.3. The summed E-state index contributed by atoms with van der Waals surface area (Å²) >= 11 is 0. The summed E-state index contributed by atoms with van der Waals surface area (Å²) in [6.45, 7) is 7.02. The van der Waals surface area contributed by atoms with Crippen molar-refractivity contribution in [3.05, 3.63) is 18.2 Å². The zero-order chi connectivity index (χ0) is 25.3. The Morgan fingerprint density at radius 1 is 1.21 bits per heavy atom. The van der Waals surface area contributed by atoms with E-state index < -0.39 is 42.0 Å². The first-order chi connectivity index (χ1) is 15.9. The fourth-order valence-corrected chi connectivity index (χ4v) is 5.21. The molecule has 1 spiro atoms. The van der Waals surface area contributed by atoms with E-state index in [1.165, 1.54) is 21.1 Å². The van der Waals surface area contributed by atoms with Gasteiger partial charge in [0.1, 0.15) is 23.6 Å². The number of anilines is 1. The van der Waals surface area contributed by atoms with Crippen molar-refractivity contribution >= 4 is 29.5 Å². The quantitative estimate of drug-likeness (QED) is 0.459. The van der Waals surface area contributed by atoms with Crippen LogP contribution in [-0.2, 0) is 19.1 Å². The third kappa shape index (κ3) is 5.26. The number of hydrogen-bond donors (Lipinski definition) is 2. The second-order valence-electron chi connectivity index (χ2n) is 9.95. The number of carbonyl (C=O) groups is 4. The van der Waals surface area contributed by atoms with Gasteiger partial charge in [-0.1, -0.05) is 20.8 Å². The van der Waals surface area contributed by atoms with Crippen molar-refractivity contribution in [2.75, 3.05) is 26.1 Å². The van der Waals surface area contributed by atoms with Gasteiger partial charge in [0.05, 0.1) is 19.9 Å². The number of benzene rings is 1. The molecule has 3 atom stereocenters. The summed E-state index contributed by atoms with van der Waals surface area (Å²) in [6, 6.07) is 4.26. The summed E-state index contributed by atoms with van der Waals surface area (Å²) in [5.74, 6) is -0.722. The van der Waals surface area contributed by atoms with Crippen molar-refractivity contribution in [2.45, 2.75) is 58.6 Å². The maximum Gasteiger partial charge on any atom is 0.327 e. The number of carbonyl (C=O) groups excluding carboxylic acids is 4. The van der Waals surface area contributed by atoms with Crippen molar-refractivity contribution in [3.63, 3.8) is 0 Å². The molecule has 1 aliphatic heterocycles. The molecule has 4 amide bonds. The van der Waals surface area contributed by atoms with Crippen LogP contribution in [-0.4, -0.2) is 61.1 Å². The molecule has 0 bridgehead atoms. The third-order valence-corrected chi connectivity index (χ3v) is 6.25. The van der Waals surface area contributed by atoms with Crippen LogP contribution in [0, 0.1) is 11.3 Å².